The zero-order valence-electron chi connectivity index (χ0n) is 18.0. The van der Waals surface area contributed by atoms with E-state index in [0.29, 0.717) is 5.25 Å². The van der Waals surface area contributed by atoms with Gasteiger partial charge in [0.25, 0.3) is 0 Å². The summed E-state index contributed by atoms with van der Waals surface area (Å²) in [6.45, 7) is 9.97. The highest BCUT2D eigenvalue weighted by Crippen LogP contribution is 2.48. The Balaban J connectivity index is 1.59. The molecule has 0 N–H and O–H groups in total. The van der Waals surface area contributed by atoms with Gasteiger partial charge >= 0.3 is 0 Å². The first-order chi connectivity index (χ1) is 14.6. The highest BCUT2D eigenvalue weighted by atomic mass is 32.2. The minimum absolute atomic E-state index is 0.0395. The minimum Gasteiger partial charge on any atom is -0.341 e. The molecule has 0 unspecified atom stereocenters. The van der Waals surface area contributed by atoms with Crippen molar-refractivity contribution in [3.8, 4) is 5.69 Å². The van der Waals surface area contributed by atoms with Gasteiger partial charge < -0.3 is 9.47 Å². The first-order valence-electron chi connectivity index (χ1n) is 10.8. The zero-order valence-corrected chi connectivity index (χ0v) is 18.9. The van der Waals surface area contributed by atoms with E-state index in [0.717, 1.165) is 18.7 Å². The Morgan fingerprint density at radius 2 is 1.90 bits per heavy atom. The number of aromatic nitrogens is 2. The van der Waals surface area contributed by atoms with Gasteiger partial charge in [0, 0.05) is 35.1 Å². The number of benzene rings is 1. The standard InChI is InChI=1S/C25H28N4S/c1-5-19-9-11-20(12-10-19)29-16(2)14-21(18(29)4)24-23(22-8-6-7-13-26-22)27-25-28(24)15-17(3)30-25/h6-14,17,23-24H,5,15H2,1-4H3/t17-,23+,24-/m1/s1. The summed E-state index contributed by atoms with van der Waals surface area (Å²) in [6.07, 6.45) is 2.94. The van der Waals surface area contributed by atoms with Gasteiger partial charge in [-0.2, -0.15) is 0 Å². The van der Waals surface area contributed by atoms with Crippen LogP contribution in [0.25, 0.3) is 5.69 Å². The lowest BCUT2D eigenvalue weighted by Gasteiger charge is -2.27. The molecule has 2 aromatic heterocycles. The molecule has 1 saturated heterocycles. The molecule has 5 heteroatoms. The third kappa shape index (κ3) is 3.16. The van der Waals surface area contributed by atoms with Gasteiger partial charge in [-0.25, -0.2) is 0 Å². The predicted molar refractivity (Wildman–Crippen MR) is 126 cm³/mol. The van der Waals surface area contributed by atoms with Gasteiger partial charge in [0.2, 0.25) is 0 Å². The molecule has 4 nitrogen and oxygen atoms in total. The molecule has 2 aliphatic rings. The SMILES string of the molecule is CCc1ccc(-n2c(C)cc([C@@H]3[C@H](c4ccccn4)N=C4S[C@H](C)CN43)c2C)cc1. The number of fused-ring (bicyclic) bond motifs is 1. The zero-order chi connectivity index (χ0) is 20.8. The summed E-state index contributed by atoms with van der Waals surface area (Å²) in [5.41, 5.74) is 7.56. The molecule has 0 amide bonds. The van der Waals surface area contributed by atoms with Gasteiger partial charge in [-0.1, -0.05) is 43.8 Å². The summed E-state index contributed by atoms with van der Waals surface area (Å²) in [5.74, 6) is 0. The molecule has 0 saturated carbocycles. The van der Waals surface area contributed by atoms with Crippen LogP contribution in [0, 0.1) is 13.8 Å². The number of hydrogen-bond acceptors (Lipinski definition) is 4. The van der Waals surface area contributed by atoms with E-state index in [1.165, 1.54) is 33.4 Å². The molecule has 0 radical (unpaired) electrons. The number of hydrogen-bond donors (Lipinski definition) is 0. The topological polar surface area (TPSA) is 33.4 Å². The summed E-state index contributed by atoms with van der Waals surface area (Å²) in [7, 11) is 0. The maximum atomic E-state index is 5.14. The van der Waals surface area contributed by atoms with Crippen molar-refractivity contribution in [2.75, 3.05) is 6.54 Å². The Labute approximate surface area is 183 Å². The number of pyridine rings is 1. The van der Waals surface area contributed by atoms with E-state index < -0.39 is 0 Å². The molecular formula is C25H28N4S. The second-order valence-corrected chi connectivity index (χ2v) is 9.72. The highest BCUT2D eigenvalue weighted by molar-refractivity contribution is 8.14. The molecule has 2 aliphatic heterocycles. The van der Waals surface area contributed by atoms with Gasteiger partial charge in [0.1, 0.15) is 6.04 Å². The fraction of sp³-hybridized carbons (Fsp3) is 0.360. The highest BCUT2D eigenvalue weighted by Gasteiger charge is 2.44. The molecule has 5 rings (SSSR count). The van der Waals surface area contributed by atoms with Gasteiger partial charge in [-0.15, -0.1) is 0 Å². The van der Waals surface area contributed by atoms with Crippen LogP contribution < -0.4 is 0 Å². The van der Waals surface area contributed by atoms with Crippen molar-refractivity contribution < 1.29 is 0 Å². The predicted octanol–water partition coefficient (Wildman–Crippen LogP) is 5.64. The Hall–Kier alpha value is -2.53. The monoisotopic (exact) mass is 416 g/mol. The van der Waals surface area contributed by atoms with Crippen molar-refractivity contribution >= 4 is 16.9 Å². The molecular weight excluding hydrogens is 388 g/mol. The first-order valence-corrected chi connectivity index (χ1v) is 11.6. The first kappa shape index (κ1) is 19.4. The molecule has 30 heavy (non-hydrogen) atoms. The van der Waals surface area contributed by atoms with Crippen molar-refractivity contribution in [2.24, 2.45) is 4.99 Å². The third-order valence-corrected chi connectivity index (χ3v) is 7.38. The van der Waals surface area contributed by atoms with Gasteiger partial charge in [0.15, 0.2) is 5.17 Å². The Kier molecular flexibility index (Phi) is 4.94. The summed E-state index contributed by atoms with van der Waals surface area (Å²) < 4.78 is 2.38. The molecule has 1 aromatic carbocycles. The number of amidine groups is 1. The summed E-state index contributed by atoms with van der Waals surface area (Å²) in [6, 6.07) is 17.7. The lowest BCUT2D eigenvalue weighted by atomic mass is 9.96. The molecule has 3 aromatic rings. The molecule has 3 atom stereocenters. The van der Waals surface area contributed by atoms with E-state index in [-0.39, 0.29) is 12.1 Å². The molecule has 154 valence electrons. The maximum Gasteiger partial charge on any atom is 0.160 e. The van der Waals surface area contributed by atoms with E-state index in [1.807, 2.05) is 24.0 Å². The van der Waals surface area contributed by atoms with Gasteiger partial charge in [0.05, 0.1) is 11.7 Å². The van der Waals surface area contributed by atoms with Crippen LogP contribution >= 0.6 is 11.8 Å². The summed E-state index contributed by atoms with van der Waals surface area (Å²) in [4.78, 5) is 12.3. The number of rotatable bonds is 4. The Morgan fingerprint density at radius 3 is 2.60 bits per heavy atom. The van der Waals surface area contributed by atoms with Gasteiger partial charge in [-0.05, 0) is 61.7 Å². The van der Waals surface area contributed by atoms with Crippen molar-refractivity contribution in [3.63, 3.8) is 0 Å². The third-order valence-electron chi connectivity index (χ3n) is 6.27. The quantitative estimate of drug-likeness (QED) is 0.552. The van der Waals surface area contributed by atoms with Gasteiger partial charge in [-0.3, -0.25) is 9.98 Å². The molecule has 4 heterocycles. The average Bonchev–Trinajstić information content (AvgIpc) is 3.38. The van der Waals surface area contributed by atoms with Crippen LogP contribution in [0.3, 0.4) is 0 Å². The normalized spacial score (nSPS) is 23.0. The van der Waals surface area contributed by atoms with Crippen molar-refractivity contribution in [2.45, 2.75) is 51.4 Å². The molecule has 0 aliphatic carbocycles. The Bertz CT molecular complexity index is 1080. The lowest BCUT2D eigenvalue weighted by Crippen LogP contribution is -2.28. The van der Waals surface area contributed by atoms with E-state index in [9.17, 15) is 0 Å². The molecule has 0 bridgehead atoms. The van der Waals surface area contributed by atoms with Crippen LogP contribution in [0.5, 0.6) is 0 Å². The lowest BCUT2D eigenvalue weighted by molar-refractivity contribution is 0.320. The molecule has 0 spiro atoms. The number of thioether (sulfide) groups is 1. The van der Waals surface area contributed by atoms with Crippen LogP contribution in [0.15, 0.2) is 59.7 Å². The second-order valence-electron chi connectivity index (χ2n) is 8.32. The summed E-state index contributed by atoms with van der Waals surface area (Å²) >= 11 is 1.89. The summed E-state index contributed by atoms with van der Waals surface area (Å²) in [5, 5.41) is 1.74. The van der Waals surface area contributed by atoms with E-state index in [1.54, 1.807) is 0 Å². The fourth-order valence-electron chi connectivity index (χ4n) is 4.82. The van der Waals surface area contributed by atoms with E-state index >= 15 is 0 Å². The van der Waals surface area contributed by atoms with Crippen LogP contribution in [0.2, 0.25) is 0 Å². The fourth-order valence-corrected chi connectivity index (χ4v) is 5.91. The van der Waals surface area contributed by atoms with Crippen LogP contribution in [0.4, 0.5) is 0 Å². The minimum atomic E-state index is 0.0395. The van der Waals surface area contributed by atoms with Crippen molar-refractivity contribution in [3.05, 3.63) is 82.9 Å². The number of aliphatic imine (C=N–C) groups is 1. The van der Waals surface area contributed by atoms with Crippen molar-refractivity contribution in [1.29, 1.82) is 0 Å². The largest absolute Gasteiger partial charge is 0.341 e. The Morgan fingerprint density at radius 1 is 1.10 bits per heavy atom. The number of nitrogens with zero attached hydrogens (tertiary/aromatic N) is 4. The van der Waals surface area contributed by atoms with Crippen LogP contribution in [0.1, 0.15) is 54.1 Å². The molecule has 1 fully saturated rings. The van der Waals surface area contributed by atoms with Crippen LogP contribution in [-0.4, -0.2) is 31.4 Å². The smallest absolute Gasteiger partial charge is 0.160 e. The van der Waals surface area contributed by atoms with E-state index in [4.69, 9.17) is 4.99 Å². The van der Waals surface area contributed by atoms with E-state index in [2.05, 4.69) is 84.6 Å². The average molecular weight is 417 g/mol. The maximum absolute atomic E-state index is 5.14. The van der Waals surface area contributed by atoms with Crippen LogP contribution in [-0.2, 0) is 6.42 Å². The second kappa shape index (κ2) is 7.62. The number of aryl methyl sites for hydroxylation is 2. The van der Waals surface area contributed by atoms with Crippen molar-refractivity contribution in [1.82, 2.24) is 14.5 Å².